The highest BCUT2D eigenvalue weighted by Crippen LogP contribution is 2.20. The number of carbonyl (C=O) groups is 2. The molecule has 7 nitrogen and oxygen atoms in total. The molecule has 0 bridgehead atoms. The van der Waals surface area contributed by atoms with Crippen molar-refractivity contribution in [1.29, 1.82) is 0 Å². The van der Waals surface area contributed by atoms with Gasteiger partial charge in [-0.05, 0) is 76.1 Å². The van der Waals surface area contributed by atoms with Crippen molar-refractivity contribution in [2.75, 3.05) is 17.1 Å². The van der Waals surface area contributed by atoms with Crippen LogP contribution in [0.25, 0.3) is 0 Å². The normalized spacial score (nSPS) is 12.7. The Kier molecular flexibility index (Phi) is 9.37. The minimum Gasteiger partial charge on any atom is -0.350 e. The highest BCUT2D eigenvalue weighted by atomic mass is 32.2. The monoisotopic (exact) mass is 509 g/mol. The molecule has 0 unspecified atom stereocenters. The van der Waals surface area contributed by atoms with E-state index in [1.807, 2.05) is 20.8 Å². The first-order valence-corrected chi connectivity index (χ1v) is 13.1. The molecule has 0 aromatic heterocycles. The van der Waals surface area contributed by atoms with Crippen LogP contribution in [-0.2, 0) is 26.2 Å². The van der Waals surface area contributed by atoms with Crippen molar-refractivity contribution in [2.24, 2.45) is 0 Å². The van der Waals surface area contributed by atoms with E-state index in [1.165, 1.54) is 41.3 Å². The fourth-order valence-electron chi connectivity index (χ4n) is 3.45. The molecule has 0 heterocycles. The first kappa shape index (κ1) is 28.2. The van der Waals surface area contributed by atoms with Gasteiger partial charge in [-0.2, -0.15) is 0 Å². The summed E-state index contributed by atoms with van der Waals surface area (Å²) in [7, 11) is -3.67. The van der Waals surface area contributed by atoms with Gasteiger partial charge >= 0.3 is 0 Å². The molecule has 0 radical (unpaired) electrons. The van der Waals surface area contributed by atoms with Crippen molar-refractivity contribution >= 4 is 27.5 Å². The summed E-state index contributed by atoms with van der Waals surface area (Å²) < 4.78 is 52.3. The van der Waals surface area contributed by atoms with Crippen LogP contribution in [0.3, 0.4) is 0 Å². The number of nitrogens with zero attached hydrogens (tertiary/aromatic N) is 2. The predicted molar refractivity (Wildman–Crippen MR) is 132 cm³/mol. The maximum atomic E-state index is 13.3. The second kappa shape index (κ2) is 11.6. The van der Waals surface area contributed by atoms with Crippen LogP contribution in [0, 0.1) is 11.6 Å². The first-order valence-electron chi connectivity index (χ1n) is 11.3. The number of carbonyl (C=O) groups excluding carboxylic acids is 2. The Morgan fingerprint density at radius 3 is 1.97 bits per heavy atom. The fourth-order valence-corrected chi connectivity index (χ4v) is 4.42. The summed E-state index contributed by atoms with van der Waals surface area (Å²) in [5.41, 5.74) is 0.447. The second-order valence-corrected chi connectivity index (χ2v) is 11.4. The van der Waals surface area contributed by atoms with Gasteiger partial charge in [-0.3, -0.25) is 13.9 Å². The molecule has 2 aromatic rings. The Morgan fingerprint density at radius 2 is 1.49 bits per heavy atom. The number of benzene rings is 2. The van der Waals surface area contributed by atoms with Crippen LogP contribution in [-0.4, -0.2) is 49.5 Å². The van der Waals surface area contributed by atoms with Gasteiger partial charge in [0.25, 0.3) is 0 Å². The number of anilines is 1. The van der Waals surface area contributed by atoms with Crippen LogP contribution < -0.4 is 9.62 Å². The van der Waals surface area contributed by atoms with E-state index in [1.54, 1.807) is 19.1 Å². The highest BCUT2D eigenvalue weighted by molar-refractivity contribution is 7.92. The van der Waals surface area contributed by atoms with Crippen molar-refractivity contribution in [2.45, 2.75) is 58.7 Å². The molecule has 0 fully saturated rings. The molecule has 0 saturated carbocycles. The van der Waals surface area contributed by atoms with Gasteiger partial charge in [0.05, 0.1) is 11.9 Å². The number of nitrogens with one attached hydrogen (secondary N) is 1. The molecule has 35 heavy (non-hydrogen) atoms. The molecule has 0 aliphatic rings. The van der Waals surface area contributed by atoms with Gasteiger partial charge in [0.2, 0.25) is 21.8 Å². The molecule has 2 aromatic carbocycles. The van der Waals surface area contributed by atoms with Crippen molar-refractivity contribution in [3.05, 3.63) is 65.7 Å². The molecule has 10 heteroatoms. The van der Waals surface area contributed by atoms with Gasteiger partial charge in [-0.1, -0.05) is 12.1 Å². The molecular weight excluding hydrogens is 476 g/mol. The fraction of sp³-hybridized carbons (Fsp3) is 0.440. The third-order valence-corrected chi connectivity index (χ3v) is 6.39. The average molecular weight is 510 g/mol. The standard InChI is InChI=1S/C25H33F2N3O4S/c1-18(24(32)28-25(2,3)4)29(17-19-8-10-20(26)11-9-19)23(31)7-6-16-30(35(5,33)34)22-14-12-21(27)13-15-22/h8-15,18H,6-7,16-17H2,1-5H3,(H,28,32)/t18-/m1/s1. The summed E-state index contributed by atoms with van der Waals surface area (Å²) in [6.07, 6.45) is 1.19. The number of hydrogen-bond donors (Lipinski definition) is 1. The van der Waals surface area contributed by atoms with Gasteiger partial charge in [-0.25, -0.2) is 17.2 Å². The third kappa shape index (κ3) is 8.93. The van der Waals surface area contributed by atoms with Crippen molar-refractivity contribution in [1.82, 2.24) is 10.2 Å². The number of hydrogen-bond acceptors (Lipinski definition) is 4. The van der Waals surface area contributed by atoms with Gasteiger partial charge in [-0.15, -0.1) is 0 Å². The Balaban J connectivity index is 2.17. The molecule has 0 spiro atoms. The SMILES string of the molecule is C[C@H](C(=O)NC(C)(C)C)N(Cc1ccc(F)cc1)C(=O)CCCN(c1ccc(F)cc1)S(C)(=O)=O. The van der Waals surface area contributed by atoms with Crippen molar-refractivity contribution in [3.8, 4) is 0 Å². The Hall–Kier alpha value is -3.01. The van der Waals surface area contributed by atoms with E-state index < -0.39 is 33.2 Å². The molecule has 2 rings (SSSR count). The molecule has 0 saturated heterocycles. The van der Waals surface area contributed by atoms with Crippen LogP contribution in [0.15, 0.2) is 48.5 Å². The predicted octanol–water partition coefficient (Wildman–Crippen LogP) is 3.84. The lowest BCUT2D eigenvalue weighted by molar-refractivity contribution is -0.141. The maximum absolute atomic E-state index is 13.3. The van der Waals surface area contributed by atoms with E-state index in [4.69, 9.17) is 0 Å². The zero-order chi connectivity index (χ0) is 26.4. The summed E-state index contributed by atoms with van der Waals surface area (Å²) >= 11 is 0. The van der Waals surface area contributed by atoms with Gasteiger partial charge in [0, 0.05) is 25.0 Å². The van der Waals surface area contributed by atoms with Crippen molar-refractivity contribution in [3.63, 3.8) is 0 Å². The second-order valence-electron chi connectivity index (χ2n) is 9.48. The van der Waals surface area contributed by atoms with E-state index in [9.17, 15) is 26.8 Å². The lowest BCUT2D eigenvalue weighted by atomic mass is 10.1. The summed E-state index contributed by atoms with van der Waals surface area (Å²) in [5.74, 6) is -1.58. The summed E-state index contributed by atoms with van der Waals surface area (Å²) in [6, 6.07) is 9.89. The van der Waals surface area contributed by atoms with Crippen LogP contribution in [0.2, 0.25) is 0 Å². The van der Waals surface area contributed by atoms with Crippen LogP contribution in [0.4, 0.5) is 14.5 Å². The van der Waals surface area contributed by atoms with Crippen LogP contribution in [0.1, 0.15) is 46.1 Å². The Morgan fingerprint density at radius 1 is 0.971 bits per heavy atom. The minimum atomic E-state index is -3.67. The highest BCUT2D eigenvalue weighted by Gasteiger charge is 2.28. The minimum absolute atomic E-state index is 0.00314. The summed E-state index contributed by atoms with van der Waals surface area (Å²) in [5, 5.41) is 2.86. The van der Waals surface area contributed by atoms with E-state index >= 15 is 0 Å². The van der Waals surface area contributed by atoms with Gasteiger partial charge < -0.3 is 10.2 Å². The molecule has 0 aliphatic heterocycles. The molecule has 192 valence electrons. The first-order chi connectivity index (χ1) is 16.2. The molecule has 2 amide bonds. The smallest absolute Gasteiger partial charge is 0.242 e. The zero-order valence-corrected chi connectivity index (χ0v) is 21.5. The van der Waals surface area contributed by atoms with E-state index in [0.29, 0.717) is 11.3 Å². The number of rotatable bonds is 10. The average Bonchev–Trinajstić information content (AvgIpc) is 2.74. The van der Waals surface area contributed by atoms with Crippen LogP contribution >= 0.6 is 0 Å². The topological polar surface area (TPSA) is 86.8 Å². The molecule has 0 aliphatic carbocycles. The van der Waals surface area contributed by atoms with Crippen LogP contribution in [0.5, 0.6) is 0 Å². The largest absolute Gasteiger partial charge is 0.350 e. The van der Waals surface area contributed by atoms with Gasteiger partial charge in [0.1, 0.15) is 17.7 Å². The number of sulfonamides is 1. The quantitative estimate of drug-likeness (QED) is 0.527. The van der Waals surface area contributed by atoms with Gasteiger partial charge in [0.15, 0.2) is 0 Å². The lowest BCUT2D eigenvalue weighted by Crippen LogP contribution is -2.52. The number of amides is 2. The summed E-state index contributed by atoms with van der Waals surface area (Å²) in [4.78, 5) is 27.4. The third-order valence-electron chi connectivity index (χ3n) is 5.20. The maximum Gasteiger partial charge on any atom is 0.242 e. The summed E-state index contributed by atoms with van der Waals surface area (Å²) in [6.45, 7) is 7.20. The zero-order valence-electron chi connectivity index (χ0n) is 20.7. The van der Waals surface area contributed by atoms with Crippen molar-refractivity contribution < 1.29 is 26.8 Å². The van der Waals surface area contributed by atoms with E-state index in [-0.39, 0.29) is 37.7 Å². The number of halogens is 2. The molecule has 1 atom stereocenters. The van der Waals surface area contributed by atoms with E-state index in [2.05, 4.69) is 5.32 Å². The molecular formula is C25H33F2N3O4S. The Bertz CT molecular complexity index is 1110. The molecule has 1 N–H and O–H groups in total. The lowest BCUT2D eigenvalue weighted by Gasteiger charge is -2.32. The Labute approximate surface area is 206 Å². The van der Waals surface area contributed by atoms with E-state index in [0.717, 1.165) is 10.6 Å².